The van der Waals surface area contributed by atoms with E-state index in [4.69, 9.17) is 16.3 Å². The first-order valence-corrected chi connectivity index (χ1v) is 7.82. The quantitative estimate of drug-likeness (QED) is 0.564. The van der Waals surface area contributed by atoms with Crippen LogP contribution in [-0.4, -0.2) is 20.2 Å². The van der Waals surface area contributed by atoms with Gasteiger partial charge in [0, 0.05) is 5.02 Å². The van der Waals surface area contributed by atoms with Gasteiger partial charge in [-0.3, -0.25) is 0 Å². The highest BCUT2D eigenvalue weighted by Gasteiger charge is 2.06. The largest absolute Gasteiger partial charge is 0.485 e. The van der Waals surface area contributed by atoms with Crippen LogP contribution in [0.3, 0.4) is 0 Å². The highest BCUT2D eigenvalue weighted by molar-refractivity contribution is 6.30. The zero-order chi connectivity index (χ0) is 16.4. The molecule has 0 saturated heterocycles. The fraction of sp³-hybridized carbons (Fsp3) is 0.0556. The molecule has 1 heterocycles. The molecule has 0 aliphatic heterocycles. The van der Waals surface area contributed by atoms with Gasteiger partial charge in [-0.25, -0.2) is 0 Å². The summed E-state index contributed by atoms with van der Waals surface area (Å²) in [5.74, 6) is 1.29. The number of hydrogen-bond acceptors (Lipinski definition) is 4. The Balaban J connectivity index is 1.48. The average molecular weight is 337 g/mol. The van der Waals surface area contributed by atoms with E-state index >= 15 is 0 Å². The third-order valence-corrected chi connectivity index (χ3v) is 3.85. The molecular weight excluding hydrogens is 324 g/mol. The van der Waals surface area contributed by atoms with E-state index in [1.807, 2.05) is 42.5 Å². The van der Waals surface area contributed by atoms with Gasteiger partial charge >= 0.3 is 0 Å². The maximum atomic E-state index is 5.88. The summed E-state index contributed by atoms with van der Waals surface area (Å²) in [5.41, 5.74) is 0.795. The number of rotatable bonds is 4. The Morgan fingerprint density at radius 2 is 1.71 bits per heavy atom. The van der Waals surface area contributed by atoms with Crippen molar-refractivity contribution in [3.05, 3.63) is 77.6 Å². The lowest BCUT2D eigenvalue weighted by molar-refractivity contribution is 0.296. The standard InChI is InChI=1S/C18H13ClN4O/c19-15-6-8-16(9-7-15)23-21-18(20-22-23)12-24-17-10-5-13-3-1-2-4-14(13)11-17/h1-11H,12H2. The van der Waals surface area contributed by atoms with Gasteiger partial charge in [0.1, 0.15) is 5.75 Å². The van der Waals surface area contributed by atoms with Crippen LogP contribution in [0.5, 0.6) is 5.75 Å². The minimum absolute atomic E-state index is 0.256. The van der Waals surface area contributed by atoms with E-state index in [2.05, 4.69) is 27.5 Å². The molecule has 1 aromatic heterocycles. The van der Waals surface area contributed by atoms with Gasteiger partial charge in [0.2, 0.25) is 5.82 Å². The predicted octanol–water partition coefficient (Wildman–Crippen LogP) is 4.05. The molecule has 24 heavy (non-hydrogen) atoms. The fourth-order valence-electron chi connectivity index (χ4n) is 2.39. The number of aromatic nitrogens is 4. The van der Waals surface area contributed by atoms with Crippen molar-refractivity contribution in [2.45, 2.75) is 6.61 Å². The first-order chi connectivity index (χ1) is 11.8. The Bertz CT molecular complexity index is 982. The van der Waals surface area contributed by atoms with E-state index in [0.717, 1.165) is 16.8 Å². The average Bonchev–Trinajstić information content (AvgIpc) is 3.09. The van der Waals surface area contributed by atoms with Crippen molar-refractivity contribution < 1.29 is 4.74 Å². The second-order valence-corrected chi connectivity index (χ2v) is 5.71. The molecule has 118 valence electrons. The van der Waals surface area contributed by atoms with Gasteiger partial charge < -0.3 is 4.74 Å². The molecule has 0 saturated carbocycles. The molecule has 4 aromatic rings. The highest BCUT2D eigenvalue weighted by atomic mass is 35.5. The van der Waals surface area contributed by atoms with Gasteiger partial charge in [0.05, 0.1) is 5.69 Å². The topological polar surface area (TPSA) is 52.8 Å². The predicted molar refractivity (Wildman–Crippen MR) is 92.4 cm³/mol. The smallest absolute Gasteiger partial charge is 0.212 e. The van der Waals surface area contributed by atoms with E-state index in [1.54, 1.807) is 12.1 Å². The lowest BCUT2D eigenvalue weighted by Gasteiger charge is -2.05. The van der Waals surface area contributed by atoms with E-state index in [9.17, 15) is 0 Å². The molecule has 3 aromatic carbocycles. The Hall–Kier alpha value is -2.92. The number of fused-ring (bicyclic) bond motifs is 1. The zero-order valence-corrected chi connectivity index (χ0v) is 13.4. The van der Waals surface area contributed by atoms with E-state index in [-0.39, 0.29) is 6.61 Å². The first-order valence-electron chi connectivity index (χ1n) is 7.44. The van der Waals surface area contributed by atoms with Crippen molar-refractivity contribution in [3.8, 4) is 11.4 Å². The molecule has 0 radical (unpaired) electrons. The maximum absolute atomic E-state index is 5.88. The molecular formula is C18H13ClN4O. The lowest BCUT2D eigenvalue weighted by atomic mass is 10.1. The molecule has 4 rings (SSSR count). The van der Waals surface area contributed by atoms with Crippen molar-refractivity contribution >= 4 is 22.4 Å². The van der Waals surface area contributed by atoms with Gasteiger partial charge in [0.15, 0.2) is 6.61 Å². The summed E-state index contributed by atoms with van der Waals surface area (Å²) >= 11 is 5.88. The van der Waals surface area contributed by atoms with E-state index < -0.39 is 0 Å². The number of hydrogen-bond donors (Lipinski definition) is 0. The third kappa shape index (κ3) is 3.07. The Morgan fingerprint density at radius 1 is 0.917 bits per heavy atom. The summed E-state index contributed by atoms with van der Waals surface area (Å²) in [4.78, 5) is 1.45. The Morgan fingerprint density at radius 3 is 2.54 bits per heavy atom. The number of nitrogens with zero attached hydrogens (tertiary/aromatic N) is 4. The highest BCUT2D eigenvalue weighted by Crippen LogP contribution is 2.21. The summed E-state index contributed by atoms with van der Waals surface area (Å²) < 4.78 is 5.77. The van der Waals surface area contributed by atoms with Crippen molar-refractivity contribution in [3.63, 3.8) is 0 Å². The number of ether oxygens (including phenoxy) is 1. The normalized spacial score (nSPS) is 10.9. The maximum Gasteiger partial charge on any atom is 0.212 e. The Kier molecular flexibility index (Phi) is 3.84. The Labute approximate surface area is 143 Å². The van der Waals surface area contributed by atoms with Crippen LogP contribution in [0.2, 0.25) is 5.02 Å². The summed E-state index contributed by atoms with van der Waals surface area (Å²) in [7, 11) is 0. The minimum atomic E-state index is 0.256. The second kappa shape index (κ2) is 6.29. The van der Waals surface area contributed by atoms with Crippen LogP contribution in [0.15, 0.2) is 66.7 Å². The SMILES string of the molecule is Clc1ccc(-n2nnc(COc3ccc4ccccc4c3)n2)cc1. The van der Waals surface area contributed by atoms with Crippen molar-refractivity contribution in [2.24, 2.45) is 0 Å². The van der Waals surface area contributed by atoms with Crippen LogP contribution in [0, 0.1) is 0 Å². The summed E-state index contributed by atoms with van der Waals surface area (Å²) in [6, 6.07) is 21.3. The molecule has 0 aliphatic rings. The molecule has 0 bridgehead atoms. The van der Waals surface area contributed by atoms with Gasteiger partial charge in [-0.1, -0.05) is 41.9 Å². The monoisotopic (exact) mass is 336 g/mol. The molecule has 0 spiro atoms. The summed E-state index contributed by atoms with van der Waals surface area (Å²) in [6.45, 7) is 0.256. The van der Waals surface area contributed by atoms with Crippen molar-refractivity contribution in [1.82, 2.24) is 20.2 Å². The molecule has 0 unspecified atom stereocenters. The van der Waals surface area contributed by atoms with Crippen LogP contribution in [0.4, 0.5) is 0 Å². The third-order valence-electron chi connectivity index (χ3n) is 3.60. The van der Waals surface area contributed by atoms with Crippen LogP contribution in [-0.2, 0) is 6.61 Å². The van der Waals surface area contributed by atoms with Crippen molar-refractivity contribution in [1.29, 1.82) is 0 Å². The van der Waals surface area contributed by atoms with Crippen LogP contribution >= 0.6 is 11.6 Å². The fourth-order valence-corrected chi connectivity index (χ4v) is 2.52. The second-order valence-electron chi connectivity index (χ2n) is 5.27. The minimum Gasteiger partial charge on any atom is -0.485 e. The molecule has 0 fully saturated rings. The molecule has 5 nitrogen and oxygen atoms in total. The van der Waals surface area contributed by atoms with Gasteiger partial charge in [-0.2, -0.15) is 0 Å². The van der Waals surface area contributed by atoms with Gasteiger partial charge in [-0.05, 0) is 52.4 Å². The molecule has 0 N–H and O–H groups in total. The molecule has 6 heteroatoms. The van der Waals surface area contributed by atoms with Crippen molar-refractivity contribution in [2.75, 3.05) is 0 Å². The summed E-state index contributed by atoms with van der Waals surface area (Å²) in [6.07, 6.45) is 0. The first kappa shape index (κ1) is 14.7. The number of tetrazole rings is 1. The van der Waals surface area contributed by atoms with E-state index in [0.29, 0.717) is 10.8 Å². The molecule has 0 aliphatic carbocycles. The molecule has 0 amide bonds. The van der Waals surface area contributed by atoms with Crippen LogP contribution in [0.25, 0.3) is 16.5 Å². The van der Waals surface area contributed by atoms with Crippen LogP contribution < -0.4 is 4.74 Å². The van der Waals surface area contributed by atoms with E-state index in [1.165, 1.54) is 10.2 Å². The zero-order valence-electron chi connectivity index (χ0n) is 12.6. The number of benzene rings is 3. The van der Waals surface area contributed by atoms with Crippen LogP contribution in [0.1, 0.15) is 5.82 Å². The summed E-state index contributed by atoms with van der Waals surface area (Å²) in [5, 5.41) is 15.3. The number of halogens is 1. The van der Waals surface area contributed by atoms with Gasteiger partial charge in [0.25, 0.3) is 0 Å². The molecule has 0 atom stereocenters. The lowest BCUT2D eigenvalue weighted by Crippen LogP contribution is -2.01. The van der Waals surface area contributed by atoms with Gasteiger partial charge in [-0.15, -0.1) is 15.0 Å².